The molecule has 0 spiro atoms. The number of hydrogen-bond donors (Lipinski definition) is 2. The first-order valence-corrected chi connectivity index (χ1v) is 6.68. The van der Waals surface area contributed by atoms with Gasteiger partial charge in [-0.05, 0) is 24.6 Å². The zero-order valence-corrected chi connectivity index (χ0v) is 12.5. The topological polar surface area (TPSA) is 58.6 Å². The van der Waals surface area contributed by atoms with E-state index in [0.717, 1.165) is 15.7 Å². The van der Waals surface area contributed by atoms with E-state index in [1.165, 1.54) is 7.11 Å². The SMILES string of the molecule is COC(=O)c1cc(Br)cc(NCC(O)CCl)c1C. The number of alkyl halides is 1. The molecule has 0 radical (unpaired) electrons. The highest BCUT2D eigenvalue weighted by molar-refractivity contribution is 9.10. The van der Waals surface area contributed by atoms with Crippen LogP contribution in [0.5, 0.6) is 0 Å². The molecule has 0 bridgehead atoms. The summed E-state index contributed by atoms with van der Waals surface area (Å²) in [4.78, 5) is 11.6. The summed E-state index contributed by atoms with van der Waals surface area (Å²) in [6.45, 7) is 2.13. The van der Waals surface area contributed by atoms with E-state index >= 15 is 0 Å². The molecule has 1 rings (SSSR count). The van der Waals surface area contributed by atoms with Crippen LogP contribution in [0.3, 0.4) is 0 Å². The van der Waals surface area contributed by atoms with Crippen LogP contribution in [-0.2, 0) is 4.74 Å². The van der Waals surface area contributed by atoms with E-state index in [1.54, 1.807) is 6.07 Å². The number of anilines is 1. The van der Waals surface area contributed by atoms with Crippen LogP contribution in [0.4, 0.5) is 5.69 Å². The maximum Gasteiger partial charge on any atom is 0.338 e. The Hall–Kier alpha value is -0.780. The molecule has 18 heavy (non-hydrogen) atoms. The van der Waals surface area contributed by atoms with Crippen LogP contribution in [0.15, 0.2) is 16.6 Å². The molecule has 0 aliphatic heterocycles. The normalized spacial score (nSPS) is 12.1. The smallest absolute Gasteiger partial charge is 0.338 e. The van der Waals surface area contributed by atoms with Gasteiger partial charge in [-0.15, -0.1) is 11.6 Å². The van der Waals surface area contributed by atoms with Gasteiger partial charge in [-0.1, -0.05) is 15.9 Å². The van der Waals surface area contributed by atoms with Gasteiger partial charge in [-0.3, -0.25) is 0 Å². The van der Waals surface area contributed by atoms with E-state index in [9.17, 15) is 9.90 Å². The number of carbonyl (C=O) groups is 1. The van der Waals surface area contributed by atoms with Crippen LogP contribution in [0, 0.1) is 6.92 Å². The summed E-state index contributed by atoms with van der Waals surface area (Å²) >= 11 is 8.85. The fraction of sp³-hybridized carbons (Fsp3) is 0.417. The van der Waals surface area contributed by atoms with Gasteiger partial charge in [0.15, 0.2) is 0 Å². The van der Waals surface area contributed by atoms with Gasteiger partial charge >= 0.3 is 5.97 Å². The van der Waals surface area contributed by atoms with Crippen molar-refractivity contribution in [3.8, 4) is 0 Å². The minimum absolute atomic E-state index is 0.157. The molecule has 4 nitrogen and oxygen atoms in total. The lowest BCUT2D eigenvalue weighted by Crippen LogP contribution is -2.21. The zero-order valence-electron chi connectivity index (χ0n) is 10.2. The lowest BCUT2D eigenvalue weighted by molar-refractivity contribution is 0.0600. The Balaban J connectivity index is 2.98. The molecule has 1 unspecified atom stereocenters. The monoisotopic (exact) mass is 335 g/mol. The second-order valence-corrected chi connectivity index (χ2v) is 5.03. The molecule has 2 N–H and O–H groups in total. The molecule has 1 atom stereocenters. The summed E-state index contributed by atoms with van der Waals surface area (Å²) in [6.07, 6.45) is -0.633. The van der Waals surface area contributed by atoms with E-state index in [0.29, 0.717) is 12.1 Å². The van der Waals surface area contributed by atoms with Crippen molar-refractivity contribution in [3.05, 3.63) is 27.7 Å². The molecule has 0 saturated carbocycles. The highest BCUT2D eigenvalue weighted by Crippen LogP contribution is 2.25. The molecular weight excluding hydrogens is 321 g/mol. The average Bonchev–Trinajstić information content (AvgIpc) is 2.37. The van der Waals surface area contributed by atoms with Gasteiger partial charge in [0.25, 0.3) is 0 Å². The number of rotatable bonds is 5. The number of methoxy groups -OCH3 is 1. The molecule has 0 aromatic heterocycles. The summed E-state index contributed by atoms with van der Waals surface area (Å²) in [6, 6.07) is 3.53. The molecule has 0 aliphatic carbocycles. The molecule has 0 saturated heterocycles. The standard InChI is InChI=1S/C12H15BrClNO3/c1-7-10(12(17)18-2)3-8(13)4-11(7)15-6-9(16)5-14/h3-4,9,15-16H,5-6H2,1-2H3. The lowest BCUT2D eigenvalue weighted by atomic mass is 10.1. The molecule has 0 fully saturated rings. The van der Waals surface area contributed by atoms with Crippen molar-refractivity contribution in [1.29, 1.82) is 0 Å². The predicted octanol–water partition coefficient (Wildman–Crippen LogP) is 2.56. The molecule has 100 valence electrons. The molecule has 6 heteroatoms. The third kappa shape index (κ3) is 3.86. The molecule has 0 aliphatic rings. The van der Waals surface area contributed by atoms with E-state index in [4.69, 9.17) is 16.3 Å². The second-order valence-electron chi connectivity index (χ2n) is 3.81. The summed E-state index contributed by atoms with van der Waals surface area (Å²) in [5.41, 5.74) is 2.01. The number of halogens is 2. The number of aliphatic hydroxyl groups is 1. The van der Waals surface area contributed by atoms with Crippen LogP contribution < -0.4 is 5.32 Å². The number of ether oxygens (including phenoxy) is 1. The Morgan fingerprint density at radius 2 is 2.28 bits per heavy atom. The summed E-state index contributed by atoms with van der Waals surface area (Å²) in [7, 11) is 1.34. The van der Waals surface area contributed by atoms with Crippen molar-refractivity contribution in [3.63, 3.8) is 0 Å². The number of hydrogen-bond acceptors (Lipinski definition) is 4. The van der Waals surface area contributed by atoms with Crippen molar-refractivity contribution in [1.82, 2.24) is 0 Å². The first kappa shape index (κ1) is 15.3. The van der Waals surface area contributed by atoms with Crippen molar-refractivity contribution in [2.75, 3.05) is 24.9 Å². The third-order valence-corrected chi connectivity index (χ3v) is 3.30. The number of nitrogens with one attached hydrogen (secondary N) is 1. The van der Waals surface area contributed by atoms with Crippen molar-refractivity contribution in [2.24, 2.45) is 0 Å². The highest BCUT2D eigenvalue weighted by atomic mass is 79.9. The van der Waals surface area contributed by atoms with Crippen molar-refractivity contribution < 1.29 is 14.6 Å². The second kappa shape index (κ2) is 6.97. The molecule has 0 heterocycles. The Labute approximate surface area is 119 Å². The van der Waals surface area contributed by atoms with Crippen LogP contribution in [0.2, 0.25) is 0 Å². The van der Waals surface area contributed by atoms with E-state index in [-0.39, 0.29) is 5.88 Å². The van der Waals surface area contributed by atoms with Crippen LogP contribution >= 0.6 is 27.5 Å². The van der Waals surface area contributed by atoms with Gasteiger partial charge in [0.2, 0.25) is 0 Å². The maximum absolute atomic E-state index is 11.6. The van der Waals surface area contributed by atoms with Crippen LogP contribution in [0.1, 0.15) is 15.9 Å². The van der Waals surface area contributed by atoms with Gasteiger partial charge in [-0.25, -0.2) is 4.79 Å². The molecule has 0 amide bonds. The highest BCUT2D eigenvalue weighted by Gasteiger charge is 2.14. The van der Waals surface area contributed by atoms with Crippen molar-refractivity contribution >= 4 is 39.2 Å². The fourth-order valence-electron chi connectivity index (χ4n) is 1.47. The number of benzene rings is 1. The van der Waals surface area contributed by atoms with E-state index in [1.807, 2.05) is 13.0 Å². The first-order chi connectivity index (χ1) is 8.49. The number of carbonyl (C=O) groups excluding carboxylic acids is 1. The Kier molecular flexibility index (Phi) is 5.91. The van der Waals surface area contributed by atoms with Gasteiger partial charge < -0.3 is 15.2 Å². The Bertz CT molecular complexity index is 440. The zero-order chi connectivity index (χ0) is 13.7. The van der Waals surface area contributed by atoms with Gasteiger partial charge in [0, 0.05) is 16.7 Å². The molecule has 1 aromatic rings. The number of aliphatic hydroxyl groups excluding tert-OH is 1. The van der Waals surface area contributed by atoms with Gasteiger partial charge in [0.1, 0.15) is 0 Å². The lowest BCUT2D eigenvalue weighted by Gasteiger charge is -2.15. The molecule has 1 aromatic carbocycles. The summed E-state index contributed by atoms with van der Waals surface area (Å²) in [5, 5.41) is 12.5. The number of esters is 1. The van der Waals surface area contributed by atoms with E-state index in [2.05, 4.69) is 21.2 Å². The Morgan fingerprint density at radius 1 is 1.61 bits per heavy atom. The predicted molar refractivity (Wildman–Crippen MR) is 75.4 cm³/mol. The fourth-order valence-corrected chi connectivity index (χ4v) is 2.03. The minimum atomic E-state index is -0.633. The van der Waals surface area contributed by atoms with Gasteiger partial charge in [0.05, 0.1) is 24.7 Å². The van der Waals surface area contributed by atoms with Crippen LogP contribution in [-0.4, -0.2) is 36.7 Å². The average molecular weight is 337 g/mol. The van der Waals surface area contributed by atoms with Crippen LogP contribution in [0.25, 0.3) is 0 Å². The van der Waals surface area contributed by atoms with E-state index < -0.39 is 12.1 Å². The van der Waals surface area contributed by atoms with Gasteiger partial charge in [-0.2, -0.15) is 0 Å². The first-order valence-electron chi connectivity index (χ1n) is 5.36. The largest absolute Gasteiger partial charge is 0.465 e. The quantitative estimate of drug-likeness (QED) is 0.641. The third-order valence-electron chi connectivity index (χ3n) is 2.48. The maximum atomic E-state index is 11.6. The van der Waals surface area contributed by atoms with Crippen molar-refractivity contribution in [2.45, 2.75) is 13.0 Å². The summed E-state index contributed by atoms with van der Waals surface area (Å²) in [5.74, 6) is -0.237. The summed E-state index contributed by atoms with van der Waals surface area (Å²) < 4.78 is 5.48. The molecular formula is C12H15BrClNO3. The Morgan fingerprint density at radius 3 is 2.83 bits per heavy atom. The minimum Gasteiger partial charge on any atom is -0.465 e.